The highest BCUT2D eigenvalue weighted by Gasteiger charge is 2.41. The fourth-order valence-corrected chi connectivity index (χ4v) is 6.58. The Bertz CT molecular complexity index is 1520. The molecule has 0 bridgehead atoms. The highest BCUT2D eigenvalue weighted by Crippen LogP contribution is 2.42. The highest BCUT2D eigenvalue weighted by molar-refractivity contribution is 6.32. The summed E-state index contributed by atoms with van der Waals surface area (Å²) in [7, 11) is 1.60. The van der Waals surface area contributed by atoms with E-state index in [0.717, 1.165) is 64.5 Å². The van der Waals surface area contributed by atoms with Crippen molar-refractivity contribution in [2.24, 2.45) is 5.92 Å². The molecule has 1 saturated heterocycles. The lowest BCUT2D eigenvalue weighted by Gasteiger charge is -2.31. The van der Waals surface area contributed by atoms with E-state index in [1.807, 2.05) is 26.0 Å². The second-order valence-corrected chi connectivity index (χ2v) is 11.6. The molecular weight excluding hydrogens is 502 g/mol. The van der Waals surface area contributed by atoms with Gasteiger partial charge >= 0.3 is 5.97 Å². The number of esters is 1. The van der Waals surface area contributed by atoms with E-state index in [9.17, 15) is 9.59 Å². The van der Waals surface area contributed by atoms with Crippen LogP contribution in [0.3, 0.4) is 0 Å². The number of halogens is 1. The Morgan fingerprint density at radius 3 is 2.66 bits per heavy atom. The maximum absolute atomic E-state index is 13.9. The van der Waals surface area contributed by atoms with Gasteiger partial charge in [0.25, 0.3) is 5.56 Å². The number of pyridine rings is 2. The topological polar surface area (TPSA) is 73.7 Å². The van der Waals surface area contributed by atoms with Gasteiger partial charge in [0.15, 0.2) is 0 Å². The minimum Gasteiger partial charge on any atom is -0.460 e. The van der Waals surface area contributed by atoms with Gasteiger partial charge in [0.2, 0.25) is 0 Å². The van der Waals surface area contributed by atoms with Gasteiger partial charge in [-0.1, -0.05) is 25.4 Å². The summed E-state index contributed by atoms with van der Waals surface area (Å²) >= 11 is 6.56. The molecule has 5 heterocycles. The fraction of sp³-hybridized carbons (Fsp3) is 0.500. The zero-order valence-corrected chi connectivity index (χ0v) is 23.3. The maximum Gasteiger partial charge on any atom is 0.309 e. The number of hydrogen-bond acceptors (Lipinski definition) is 6. The van der Waals surface area contributed by atoms with Gasteiger partial charge in [-0.25, -0.2) is 4.98 Å². The van der Waals surface area contributed by atoms with Crippen molar-refractivity contribution < 1.29 is 14.3 Å². The first-order chi connectivity index (χ1) is 18.2. The summed E-state index contributed by atoms with van der Waals surface area (Å²) in [4.78, 5) is 34.0. The summed E-state index contributed by atoms with van der Waals surface area (Å²) in [6, 6.07) is 6.09. The van der Waals surface area contributed by atoms with Crippen LogP contribution in [0.2, 0.25) is 5.02 Å². The second kappa shape index (κ2) is 9.47. The number of aryl methyl sites for hydroxylation is 1. The normalized spacial score (nSPS) is 21.7. The van der Waals surface area contributed by atoms with Gasteiger partial charge < -0.3 is 14.0 Å². The van der Waals surface area contributed by atoms with E-state index in [-0.39, 0.29) is 24.6 Å². The van der Waals surface area contributed by atoms with Gasteiger partial charge in [-0.3, -0.25) is 14.5 Å². The van der Waals surface area contributed by atoms with Crippen LogP contribution in [-0.4, -0.2) is 40.6 Å². The molecule has 3 aliphatic rings. The van der Waals surface area contributed by atoms with E-state index in [1.54, 1.807) is 11.7 Å². The van der Waals surface area contributed by atoms with E-state index < -0.39 is 5.60 Å². The van der Waals surface area contributed by atoms with Crippen molar-refractivity contribution in [1.82, 2.24) is 14.5 Å². The molecule has 3 aromatic rings. The minimum atomic E-state index is -0.912. The van der Waals surface area contributed by atoms with E-state index in [2.05, 4.69) is 17.9 Å². The van der Waals surface area contributed by atoms with Crippen LogP contribution in [-0.2, 0) is 39.6 Å². The first-order valence-electron chi connectivity index (χ1n) is 13.6. The summed E-state index contributed by atoms with van der Waals surface area (Å²) in [5, 5.41) is 1.78. The number of cyclic esters (lactones) is 1. The lowest BCUT2D eigenvalue weighted by atomic mass is 9.85. The van der Waals surface area contributed by atoms with Gasteiger partial charge in [-0.05, 0) is 80.1 Å². The molecule has 1 aromatic carbocycles. The number of hydrogen-bond donors (Lipinski definition) is 0. The molecule has 7 nitrogen and oxygen atoms in total. The van der Waals surface area contributed by atoms with Gasteiger partial charge in [-0.2, -0.15) is 0 Å². The number of likely N-dealkylation sites (tertiary alicyclic amines) is 1. The second-order valence-electron chi connectivity index (χ2n) is 11.2. The Kier molecular flexibility index (Phi) is 6.36. The van der Waals surface area contributed by atoms with Crippen molar-refractivity contribution in [2.75, 3.05) is 20.2 Å². The average Bonchev–Trinajstić information content (AvgIpc) is 3.20. The molecule has 6 rings (SSSR count). The highest BCUT2D eigenvalue weighted by atomic mass is 35.5. The van der Waals surface area contributed by atoms with Crippen LogP contribution < -0.4 is 5.56 Å². The van der Waals surface area contributed by atoms with Crippen LogP contribution in [0.4, 0.5) is 0 Å². The molecular formula is C30H34ClN3O4. The lowest BCUT2D eigenvalue weighted by Crippen LogP contribution is -2.34. The van der Waals surface area contributed by atoms with Crippen molar-refractivity contribution in [3.05, 3.63) is 61.4 Å². The molecule has 0 saturated carbocycles. The third-order valence-electron chi connectivity index (χ3n) is 8.96. The van der Waals surface area contributed by atoms with Gasteiger partial charge in [0, 0.05) is 29.6 Å². The Morgan fingerprint density at radius 1 is 1.18 bits per heavy atom. The van der Waals surface area contributed by atoms with Crippen molar-refractivity contribution >= 4 is 28.5 Å². The van der Waals surface area contributed by atoms with Crippen LogP contribution in [0.25, 0.3) is 22.3 Å². The number of carbonyl (C=O) groups excluding carboxylic acids is 1. The van der Waals surface area contributed by atoms with Crippen LogP contribution in [0.5, 0.6) is 0 Å². The zero-order valence-electron chi connectivity index (χ0n) is 22.5. The first-order valence-corrected chi connectivity index (χ1v) is 13.9. The molecule has 1 fully saturated rings. The van der Waals surface area contributed by atoms with E-state index in [4.69, 9.17) is 26.1 Å². The number of fused-ring (bicyclic) bond motifs is 5. The van der Waals surface area contributed by atoms with Crippen molar-refractivity contribution in [3.8, 4) is 11.4 Å². The largest absolute Gasteiger partial charge is 0.460 e. The van der Waals surface area contributed by atoms with E-state index in [0.29, 0.717) is 23.6 Å². The van der Waals surface area contributed by atoms with Gasteiger partial charge in [-0.15, -0.1) is 0 Å². The van der Waals surface area contributed by atoms with Crippen LogP contribution in [0, 0.1) is 12.8 Å². The van der Waals surface area contributed by atoms with Crippen molar-refractivity contribution in [3.63, 3.8) is 0 Å². The van der Waals surface area contributed by atoms with Gasteiger partial charge in [0.05, 0.1) is 35.4 Å². The SMILES string of the molecule is CC[C@@]1(OC)CC(=O)OCc2c1cc1n(c2=O)Cc2c-1nc1cc(Cl)c(C)cc1c2CN1CCC(C)CC1. The molecule has 0 amide bonds. The van der Waals surface area contributed by atoms with Crippen LogP contribution >= 0.6 is 11.6 Å². The Balaban J connectivity index is 1.57. The standard InChI is InChI=1S/C30H34ClN3O4/c1-5-30(37-4)13-27(35)38-16-22-23(30)11-26-28-21(15-34(26)29(22)36)20(14-33-8-6-17(2)7-9-33)19-10-18(3)24(31)12-25(19)32-28/h10-12,17H,5-9,13-16H2,1-4H3/t30-/m1/s1. The third kappa shape index (κ3) is 3.98. The number of methoxy groups -OCH3 is 1. The summed E-state index contributed by atoms with van der Waals surface area (Å²) in [5.74, 6) is 0.390. The molecule has 38 heavy (non-hydrogen) atoms. The number of nitrogens with zero attached hydrogens (tertiary/aromatic N) is 3. The van der Waals surface area contributed by atoms with Gasteiger partial charge in [0.1, 0.15) is 12.2 Å². The number of carbonyl (C=O) groups is 1. The quantitative estimate of drug-likeness (QED) is 0.329. The molecule has 0 spiro atoms. The van der Waals surface area contributed by atoms with Crippen LogP contribution in [0.15, 0.2) is 23.0 Å². The molecule has 1 atom stereocenters. The molecule has 0 N–H and O–H groups in total. The van der Waals surface area contributed by atoms with E-state index in [1.165, 1.54) is 18.4 Å². The molecule has 3 aliphatic heterocycles. The predicted octanol–water partition coefficient (Wildman–Crippen LogP) is 5.32. The van der Waals surface area contributed by atoms with Crippen molar-refractivity contribution in [2.45, 2.75) is 71.8 Å². The summed E-state index contributed by atoms with van der Waals surface area (Å²) < 4.78 is 13.2. The molecule has 0 aliphatic carbocycles. The number of rotatable bonds is 4. The lowest BCUT2D eigenvalue weighted by molar-refractivity contribution is -0.151. The molecule has 2 aromatic heterocycles. The number of ether oxygens (including phenoxy) is 2. The Hall–Kier alpha value is -2.74. The summed E-state index contributed by atoms with van der Waals surface area (Å²) in [6.07, 6.45) is 3.00. The zero-order chi connectivity index (χ0) is 26.8. The summed E-state index contributed by atoms with van der Waals surface area (Å²) in [5.41, 5.74) is 5.91. The predicted molar refractivity (Wildman–Crippen MR) is 147 cm³/mol. The number of benzene rings is 1. The molecule has 200 valence electrons. The van der Waals surface area contributed by atoms with E-state index >= 15 is 0 Å². The first kappa shape index (κ1) is 25.5. The molecule has 0 unspecified atom stereocenters. The third-order valence-corrected chi connectivity index (χ3v) is 9.37. The number of aromatic nitrogens is 2. The smallest absolute Gasteiger partial charge is 0.309 e. The number of piperidine rings is 1. The Labute approximate surface area is 227 Å². The maximum atomic E-state index is 13.9. The monoisotopic (exact) mass is 535 g/mol. The minimum absolute atomic E-state index is 0.0439. The Morgan fingerprint density at radius 2 is 1.95 bits per heavy atom. The van der Waals surface area contributed by atoms with Crippen molar-refractivity contribution in [1.29, 1.82) is 0 Å². The summed E-state index contributed by atoms with van der Waals surface area (Å²) in [6.45, 7) is 9.65. The molecule has 0 radical (unpaired) electrons. The molecule has 8 heteroatoms. The average molecular weight is 536 g/mol. The fourth-order valence-electron chi connectivity index (χ4n) is 6.43. The van der Waals surface area contributed by atoms with Crippen LogP contribution in [0.1, 0.15) is 67.3 Å².